The molecule has 0 saturated carbocycles. The van der Waals surface area contributed by atoms with Crippen LogP contribution in [0.15, 0.2) is 30.3 Å². The van der Waals surface area contributed by atoms with Crippen LogP contribution >= 0.6 is 0 Å². The molecule has 2 heterocycles. The Morgan fingerprint density at radius 3 is 2.45 bits per heavy atom. The zero-order valence-corrected chi connectivity index (χ0v) is 13.7. The molecule has 1 aromatic carbocycles. The van der Waals surface area contributed by atoms with Crippen LogP contribution in [0.25, 0.3) is 0 Å². The Labute approximate surface area is 133 Å². The molecular weight excluding hydrogens is 274 g/mol. The van der Waals surface area contributed by atoms with E-state index in [0.29, 0.717) is 18.1 Å². The lowest BCUT2D eigenvalue weighted by molar-refractivity contribution is 0.0838. The minimum Gasteiger partial charge on any atom is -0.323 e. The van der Waals surface area contributed by atoms with Crippen LogP contribution in [0.3, 0.4) is 0 Å². The number of amides is 2. The normalized spacial score (nSPS) is 29.5. The summed E-state index contributed by atoms with van der Waals surface area (Å²) in [5, 5.41) is 3.01. The molecule has 2 amide bonds. The number of hydrogen-bond donors (Lipinski definition) is 1. The summed E-state index contributed by atoms with van der Waals surface area (Å²) in [4.78, 5) is 17.1. The van der Waals surface area contributed by atoms with Gasteiger partial charge in [-0.1, -0.05) is 18.2 Å². The monoisotopic (exact) mass is 301 g/mol. The van der Waals surface area contributed by atoms with Gasteiger partial charge in [-0.15, -0.1) is 0 Å². The van der Waals surface area contributed by atoms with Crippen LogP contribution in [0.2, 0.25) is 0 Å². The van der Waals surface area contributed by atoms with Crippen molar-refractivity contribution in [2.45, 2.75) is 57.7 Å². The van der Waals surface area contributed by atoms with Crippen molar-refractivity contribution < 1.29 is 4.79 Å². The Hall–Kier alpha value is -1.55. The number of para-hydroxylation sites is 1. The number of carbonyl (C=O) groups excluding carboxylic acids is 1. The Balaban J connectivity index is 1.61. The highest BCUT2D eigenvalue weighted by atomic mass is 16.2. The molecule has 120 valence electrons. The predicted molar refractivity (Wildman–Crippen MR) is 90.1 cm³/mol. The van der Waals surface area contributed by atoms with E-state index in [1.165, 1.54) is 19.3 Å². The number of anilines is 1. The molecule has 2 aliphatic rings. The summed E-state index contributed by atoms with van der Waals surface area (Å²) < 4.78 is 0. The van der Waals surface area contributed by atoms with E-state index in [4.69, 9.17) is 0 Å². The molecule has 3 atom stereocenters. The number of nitrogens with one attached hydrogen (secondary N) is 1. The third-order valence-electron chi connectivity index (χ3n) is 5.15. The molecule has 0 spiro atoms. The van der Waals surface area contributed by atoms with Gasteiger partial charge in [-0.2, -0.15) is 0 Å². The van der Waals surface area contributed by atoms with Crippen LogP contribution in [0.1, 0.15) is 39.5 Å². The molecule has 1 N–H and O–H groups in total. The molecule has 4 heteroatoms. The van der Waals surface area contributed by atoms with Crippen LogP contribution in [0, 0.1) is 0 Å². The fraction of sp³-hybridized carbons (Fsp3) is 0.611. The minimum absolute atomic E-state index is 0.0374. The highest BCUT2D eigenvalue weighted by Crippen LogP contribution is 2.29. The van der Waals surface area contributed by atoms with E-state index in [2.05, 4.69) is 24.1 Å². The van der Waals surface area contributed by atoms with E-state index in [0.717, 1.165) is 25.2 Å². The molecule has 3 rings (SSSR count). The number of rotatable bonds is 2. The van der Waals surface area contributed by atoms with Gasteiger partial charge < -0.3 is 10.2 Å². The molecule has 2 aliphatic heterocycles. The number of carbonyl (C=O) groups is 1. The van der Waals surface area contributed by atoms with Crippen LogP contribution in [0.4, 0.5) is 10.5 Å². The molecule has 2 fully saturated rings. The maximum atomic E-state index is 12.5. The Bertz CT molecular complexity index is 494. The smallest absolute Gasteiger partial charge is 0.321 e. The van der Waals surface area contributed by atoms with Crippen molar-refractivity contribution in [3.05, 3.63) is 30.3 Å². The fourth-order valence-corrected chi connectivity index (χ4v) is 4.04. The van der Waals surface area contributed by atoms with Gasteiger partial charge in [-0.25, -0.2) is 4.79 Å². The van der Waals surface area contributed by atoms with Crippen molar-refractivity contribution >= 4 is 11.7 Å². The standard InChI is InChI=1S/C18H27N3O/c1-14-10-11-15(2)21(14)17-9-6-12-20(13-17)18(22)19-16-7-4-3-5-8-16/h3-5,7-8,14-15,17H,6,9-13H2,1-2H3,(H,19,22). The van der Waals surface area contributed by atoms with Gasteiger partial charge in [0.1, 0.15) is 0 Å². The third-order valence-corrected chi connectivity index (χ3v) is 5.15. The third kappa shape index (κ3) is 3.27. The average molecular weight is 301 g/mol. The first-order valence-electron chi connectivity index (χ1n) is 8.53. The Morgan fingerprint density at radius 1 is 1.09 bits per heavy atom. The van der Waals surface area contributed by atoms with Crippen molar-refractivity contribution in [3.63, 3.8) is 0 Å². The van der Waals surface area contributed by atoms with Crippen molar-refractivity contribution in [2.75, 3.05) is 18.4 Å². The lowest BCUT2D eigenvalue weighted by Crippen LogP contribution is -2.53. The predicted octanol–water partition coefficient (Wildman–Crippen LogP) is 3.56. The van der Waals surface area contributed by atoms with Crippen LogP contribution in [-0.2, 0) is 0 Å². The van der Waals surface area contributed by atoms with Crippen molar-refractivity contribution in [2.24, 2.45) is 0 Å². The van der Waals surface area contributed by atoms with Gasteiger partial charge >= 0.3 is 6.03 Å². The van der Waals surface area contributed by atoms with Gasteiger partial charge in [0.2, 0.25) is 0 Å². The number of nitrogens with zero attached hydrogens (tertiary/aromatic N) is 2. The Kier molecular flexibility index (Phi) is 4.67. The van der Waals surface area contributed by atoms with Crippen LogP contribution in [-0.4, -0.2) is 47.0 Å². The minimum atomic E-state index is 0.0374. The van der Waals surface area contributed by atoms with E-state index in [-0.39, 0.29) is 6.03 Å². The summed E-state index contributed by atoms with van der Waals surface area (Å²) in [6.45, 7) is 6.37. The van der Waals surface area contributed by atoms with Crippen LogP contribution < -0.4 is 5.32 Å². The number of urea groups is 1. The Morgan fingerprint density at radius 2 is 1.77 bits per heavy atom. The molecule has 2 saturated heterocycles. The van der Waals surface area contributed by atoms with E-state index in [9.17, 15) is 4.79 Å². The zero-order chi connectivity index (χ0) is 15.5. The largest absolute Gasteiger partial charge is 0.323 e. The number of likely N-dealkylation sites (tertiary alicyclic amines) is 2. The van der Waals surface area contributed by atoms with Gasteiger partial charge in [0.15, 0.2) is 0 Å². The summed E-state index contributed by atoms with van der Waals surface area (Å²) in [5.74, 6) is 0. The number of benzene rings is 1. The van der Waals surface area contributed by atoms with Crippen molar-refractivity contribution in [1.82, 2.24) is 9.80 Å². The molecule has 3 unspecified atom stereocenters. The molecule has 0 radical (unpaired) electrons. The lowest BCUT2D eigenvalue weighted by atomic mass is 10.0. The number of hydrogen-bond acceptors (Lipinski definition) is 2. The summed E-state index contributed by atoms with van der Waals surface area (Å²) in [5.41, 5.74) is 0.873. The maximum absolute atomic E-state index is 12.5. The first-order valence-corrected chi connectivity index (χ1v) is 8.53. The second-order valence-electron chi connectivity index (χ2n) is 6.76. The zero-order valence-electron chi connectivity index (χ0n) is 13.7. The van der Waals surface area contributed by atoms with Crippen molar-refractivity contribution in [3.8, 4) is 0 Å². The SMILES string of the molecule is CC1CCC(C)N1C1CCCN(C(=O)Nc2ccccc2)C1. The second kappa shape index (κ2) is 6.69. The van der Waals surface area contributed by atoms with E-state index in [1.54, 1.807) is 0 Å². The van der Waals surface area contributed by atoms with E-state index < -0.39 is 0 Å². The molecule has 22 heavy (non-hydrogen) atoms. The maximum Gasteiger partial charge on any atom is 0.321 e. The van der Waals surface area contributed by atoms with E-state index >= 15 is 0 Å². The first kappa shape index (κ1) is 15.3. The molecule has 0 aliphatic carbocycles. The van der Waals surface area contributed by atoms with Crippen molar-refractivity contribution in [1.29, 1.82) is 0 Å². The van der Waals surface area contributed by atoms with Gasteiger partial charge in [-0.05, 0) is 51.7 Å². The lowest BCUT2D eigenvalue weighted by Gasteiger charge is -2.41. The van der Waals surface area contributed by atoms with Crippen LogP contribution in [0.5, 0.6) is 0 Å². The molecule has 0 aromatic heterocycles. The van der Waals surface area contributed by atoms with Gasteiger partial charge in [0, 0.05) is 36.9 Å². The molecule has 4 nitrogen and oxygen atoms in total. The highest BCUT2D eigenvalue weighted by Gasteiger charge is 2.36. The van der Waals surface area contributed by atoms with Gasteiger partial charge in [0.25, 0.3) is 0 Å². The topological polar surface area (TPSA) is 35.6 Å². The quantitative estimate of drug-likeness (QED) is 0.906. The van der Waals surface area contributed by atoms with Gasteiger partial charge in [-0.3, -0.25) is 4.90 Å². The number of piperidine rings is 1. The van der Waals surface area contributed by atoms with E-state index in [1.807, 2.05) is 35.2 Å². The summed E-state index contributed by atoms with van der Waals surface area (Å²) in [6.07, 6.45) is 4.88. The fourth-order valence-electron chi connectivity index (χ4n) is 4.04. The van der Waals surface area contributed by atoms with Gasteiger partial charge in [0.05, 0.1) is 0 Å². The molecule has 0 bridgehead atoms. The summed E-state index contributed by atoms with van der Waals surface area (Å²) >= 11 is 0. The molecule has 1 aromatic rings. The summed E-state index contributed by atoms with van der Waals surface area (Å²) in [6, 6.07) is 11.6. The summed E-state index contributed by atoms with van der Waals surface area (Å²) in [7, 11) is 0. The second-order valence-corrected chi connectivity index (χ2v) is 6.76. The average Bonchev–Trinajstić information content (AvgIpc) is 2.87. The first-order chi connectivity index (χ1) is 10.6. The molecular formula is C18H27N3O. The highest BCUT2D eigenvalue weighted by molar-refractivity contribution is 5.89.